The van der Waals surface area contributed by atoms with Crippen molar-refractivity contribution in [2.24, 2.45) is 0 Å². The third kappa shape index (κ3) is 5.08. The first-order valence-corrected chi connectivity index (χ1v) is 4.14. The van der Waals surface area contributed by atoms with Crippen molar-refractivity contribution in [3.63, 3.8) is 0 Å². The van der Waals surface area contributed by atoms with E-state index in [4.69, 9.17) is 0 Å². The molecule has 0 radical (unpaired) electrons. The summed E-state index contributed by atoms with van der Waals surface area (Å²) in [7, 11) is 0. The molecule has 0 fully saturated rings. The first-order chi connectivity index (χ1) is 6.47. The van der Waals surface area contributed by atoms with Crippen LogP contribution in [0.2, 0.25) is 0 Å². The highest BCUT2D eigenvalue weighted by Crippen LogP contribution is 1.90. The van der Waals surface area contributed by atoms with Crippen LogP contribution in [0.15, 0.2) is 11.8 Å². The highest BCUT2D eigenvalue weighted by Gasteiger charge is 2.11. The summed E-state index contributed by atoms with van der Waals surface area (Å²) in [6.45, 7) is 4.58. The standard InChI is InChI=1S/C9H13NO4/c1-4-14-9(13)8(12)5-6(2)10-7(3)11/h5H,4H2,1-3H3,(H,10,11)/b6-5-. The van der Waals surface area contributed by atoms with E-state index in [1.54, 1.807) is 6.92 Å². The maximum Gasteiger partial charge on any atom is 0.379 e. The van der Waals surface area contributed by atoms with Gasteiger partial charge in [0.05, 0.1) is 6.61 Å². The summed E-state index contributed by atoms with van der Waals surface area (Å²) in [4.78, 5) is 32.4. The van der Waals surface area contributed by atoms with Gasteiger partial charge in [0.25, 0.3) is 5.78 Å². The van der Waals surface area contributed by atoms with Gasteiger partial charge < -0.3 is 10.1 Å². The largest absolute Gasteiger partial charge is 0.460 e. The van der Waals surface area contributed by atoms with Gasteiger partial charge in [-0.2, -0.15) is 0 Å². The first-order valence-electron chi connectivity index (χ1n) is 4.14. The van der Waals surface area contributed by atoms with Gasteiger partial charge in [0.1, 0.15) is 0 Å². The highest BCUT2D eigenvalue weighted by atomic mass is 16.5. The second-order valence-corrected chi connectivity index (χ2v) is 2.59. The Morgan fingerprint density at radius 1 is 1.29 bits per heavy atom. The van der Waals surface area contributed by atoms with Gasteiger partial charge in [-0.1, -0.05) is 0 Å². The van der Waals surface area contributed by atoms with Gasteiger partial charge in [0, 0.05) is 18.7 Å². The predicted molar refractivity (Wildman–Crippen MR) is 49.2 cm³/mol. The Bertz CT molecular complexity index is 281. The minimum absolute atomic E-state index is 0.150. The van der Waals surface area contributed by atoms with Gasteiger partial charge in [-0.15, -0.1) is 0 Å². The first kappa shape index (κ1) is 12.3. The number of allylic oxidation sites excluding steroid dienone is 1. The minimum Gasteiger partial charge on any atom is -0.460 e. The Hall–Kier alpha value is -1.65. The number of nitrogens with one attached hydrogen (secondary N) is 1. The lowest BCUT2D eigenvalue weighted by atomic mass is 10.3. The summed E-state index contributed by atoms with van der Waals surface area (Å²) in [6.07, 6.45) is 1.03. The molecule has 78 valence electrons. The van der Waals surface area contributed by atoms with Gasteiger partial charge in [0.2, 0.25) is 5.91 Å². The van der Waals surface area contributed by atoms with Crippen LogP contribution >= 0.6 is 0 Å². The Morgan fingerprint density at radius 3 is 2.29 bits per heavy atom. The summed E-state index contributed by atoms with van der Waals surface area (Å²) in [5, 5.41) is 2.36. The average molecular weight is 199 g/mol. The number of hydrogen-bond acceptors (Lipinski definition) is 4. The number of ketones is 1. The SMILES string of the molecule is CCOC(=O)C(=O)/C=C(/C)NC(C)=O. The zero-order valence-corrected chi connectivity index (χ0v) is 8.42. The van der Waals surface area contributed by atoms with Crippen molar-refractivity contribution in [3.05, 3.63) is 11.8 Å². The molecule has 0 rings (SSSR count). The van der Waals surface area contributed by atoms with Crippen LogP contribution in [0.1, 0.15) is 20.8 Å². The summed E-state index contributed by atoms with van der Waals surface area (Å²) in [5.74, 6) is -1.99. The molecule has 14 heavy (non-hydrogen) atoms. The molecule has 5 nitrogen and oxygen atoms in total. The van der Waals surface area contributed by atoms with Crippen LogP contribution in [-0.4, -0.2) is 24.3 Å². The van der Waals surface area contributed by atoms with E-state index in [-0.39, 0.29) is 12.5 Å². The lowest BCUT2D eigenvalue weighted by Crippen LogP contribution is -2.21. The molecule has 0 heterocycles. The van der Waals surface area contributed by atoms with E-state index in [2.05, 4.69) is 10.1 Å². The lowest BCUT2D eigenvalue weighted by molar-refractivity contribution is -0.151. The van der Waals surface area contributed by atoms with Crippen LogP contribution in [0.3, 0.4) is 0 Å². The smallest absolute Gasteiger partial charge is 0.379 e. The van der Waals surface area contributed by atoms with E-state index >= 15 is 0 Å². The van der Waals surface area contributed by atoms with Gasteiger partial charge in [0.15, 0.2) is 0 Å². The van der Waals surface area contributed by atoms with Crippen LogP contribution in [0.5, 0.6) is 0 Å². The molecule has 0 aliphatic rings. The molecule has 0 unspecified atom stereocenters. The molecule has 1 amide bonds. The minimum atomic E-state index is -0.919. The molecular formula is C9H13NO4. The topological polar surface area (TPSA) is 72.5 Å². The van der Waals surface area contributed by atoms with E-state index in [0.717, 1.165) is 6.08 Å². The van der Waals surface area contributed by atoms with E-state index in [9.17, 15) is 14.4 Å². The van der Waals surface area contributed by atoms with Crippen molar-refractivity contribution >= 4 is 17.7 Å². The molecule has 0 spiro atoms. The number of carbonyl (C=O) groups is 3. The van der Waals surface area contributed by atoms with E-state index < -0.39 is 11.8 Å². The number of esters is 1. The molecule has 1 N–H and O–H groups in total. The maximum absolute atomic E-state index is 11.0. The highest BCUT2D eigenvalue weighted by molar-refractivity contribution is 6.38. The predicted octanol–water partition coefficient (Wildman–Crippen LogP) is 0.159. The molecule has 0 saturated carbocycles. The van der Waals surface area contributed by atoms with Gasteiger partial charge in [-0.05, 0) is 13.8 Å². The van der Waals surface area contributed by atoms with Crippen LogP contribution < -0.4 is 5.32 Å². The molecular weight excluding hydrogens is 186 g/mol. The molecule has 0 aliphatic heterocycles. The number of hydrogen-bond donors (Lipinski definition) is 1. The molecule has 0 aromatic heterocycles. The van der Waals surface area contributed by atoms with E-state index in [1.807, 2.05) is 0 Å². The summed E-state index contributed by atoms with van der Waals surface area (Å²) in [6, 6.07) is 0. The van der Waals surface area contributed by atoms with Crippen LogP contribution in [0.25, 0.3) is 0 Å². The third-order valence-electron chi connectivity index (χ3n) is 1.20. The molecule has 0 saturated heterocycles. The number of carbonyl (C=O) groups excluding carboxylic acids is 3. The van der Waals surface area contributed by atoms with Gasteiger partial charge in [-0.25, -0.2) is 4.79 Å². The van der Waals surface area contributed by atoms with Gasteiger partial charge >= 0.3 is 5.97 Å². The second kappa shape index (κ2) is 5.90. The summed E-state index contributed by atoms with van der Waals surface area (Å²) < 4.78 is 4.46. The average Bonchev–Trinajstić information content (AvgIpc) is 2.02. The Labute approximate surface area is 82.1 Å². The fraction of sp³-hybridized carbons (Fsp3) is 0.444. The molecule has 0 atom stereocenters. The van der Waals surface area contributed by atoms with Crippen LogP contribution in [0.4, 0.5) is 0 Å². The van der Waals surface area contributed by atoms with E-state index in [0.29, 0.717) is 5.70 Å². The van der Waals surface area contributed by atoms with Crippen LogP contribution in [-0.2, 0) is 19.1 Å². The van der Waals surface area contributed by atoms with E-state index in [1.165, 1.54) is 13.8 Å². The number of rotatable bonds is 4. The monoisotopic (exact) mass is 199 g/mol. The Balaban J connectivity index is 4.27. The fourth-order valence-corrected chi connectivity index (χ4v) is 0.772. The van der Waals surface area contributed by atoms with Crippen molar-refractivity contribution in [1.82, 2.24) is 5.32 Å². The molecule has 0 aliphatic carbocycles. The fourth-order valence-electron chi connectivity index (χ4n) is 0.772. The summed E-state index contributed by atoms with van der Waals surface area (Å²) in [5.41, 5.74) is 0.315. The zero-order chi connectivity index (χ0) is 11.1. The Morgan fingerprint density at radius 2 is 1.86 bits per heavy atom. The normalized spacial score (nSPS) is 10.6. The number of ether oxygens (including phenoxy) is 1. The Kier molecular flexibility index (Phi) is 5.21. The maximum atomic E-state index is 11.0. The summed E-state index contributed by atoms with van der Waals surface area (Å²) >= 11 is 0. The van der Waals surface area contributed by atoms with Gasteiger partial charge in [-0.3, -0.25) is 9.59 Å². The third-order valence-corrected chi connectivity index (χ3v) is 1.20. The van der Waals surface area contributed by atoms with Crippen LogP contribution in [0, 0.1) is 0 Å². The van der Waals surface area contributed by atoms with Crippen molar-refractivity contribution < 1.29 is 19.1 Å². The quantitative estimate of drug-likeness (QED) is 0.397. The molecule has 0 aromatic carbocycles. The molecule has 0 bridgehead atoms. The molecule has 5 heteroatoms. The lowest BCUT2D eigenvalue weighted by Gasteiger charge is -2.00. The van der Waals surface area contributed by atoms with Crippen molar-refractivity contribution in [1.29, 1.82) is 0 Å². The van der Waals surface area contributed by atoms with Crippen molar-refractivity contribution in [3.8, 4) is 0 Å². The zero-order valence-electron chi connectivity index (χ0n) is 8.42. The van der Waals surface area contributed by atoms with Crippen molar-refractivity contribution in [2.75, 3.05) is 6.61 Å². The van der Waals surface area contributed by atoms with Crippen molar-refractivity contribution in [2.45, 2.75) is 20.8 Å². The number of amides is 1. The second-order valence-electron chi connectivity index (χ2n) is 2.59. The molecule has 0 aromatic rings.